The van der Waals surface area contributed by atoms with E-state index < -0.39 is 18.0 Å². The van der Waals surface area contributed by atoms with Gasteiger partial charge >= 0.3 is 6.09 Å². The maximum absolute atomic E-state index is 14.2. The first kappa shape index (κ1) is 17.9. The van der Waals surface area contributed by atoms with E-state index >= 15 is 0 Å². The molecule has 0 spiro atoms. The molecule has 1 amide bonds. The minimum atomic E-state index is -1.11. The van der Waals surface area contributed by atoms with Crippen LogP contribution in [0.15, 0.2) is 23.1 Å². The second-order valence-corrected chi connectivity index (χ2v) is 7.28. The van der Waals surface area contributed by atoms with E-state index in [1.165, 1.54) is 12.3 Å². The molecule has 4 rings (SSSR count). The van der Waals surface area contributed by atoms with Crippen molar-refractivity contribution in [2.24, 2.45) is 5.92 Å². The van der Waals surface area contributed by atoms with Gasteiger partial charge in [0, 0.05) is 43.7 Å². The zero-order valence-electron chi connectivity index (χ0n) is 14.6. The Balaban J connectivity index is 1.58. The van der Waals surface area contributed by atoms with Gasteiger partial charge in [-0.2, -0.15) is 0 Å². The largest absolute Gasteiger partial charge is 0.465 e. The number of carboxylic acid groups (broad SMARTS) is 1. The molecule has 9 heteroatoms. The lowest BCUT2D eigenvalue weighted by atomic mass is 9.97. The predicted molar refractivity (Wildman–Crippen MR) is 95.3 cm³/mol. The highest BCUT2D eigenvalue weighted by Gasteiger charge is 2.34. The van der Waals surface area contributed by atoms with E-state index in [2.05, 4.69) is 10.3 Å². The number of aromatic nitrogens is 2. The Labute approximate surface area is 154 Å². The van der Waals surface area contributed by atoms with Gasteiger partial charge in [0.15, 0.2) is 0 Å². The third-order valence-electron chi connectivity index (χ3n) is 5.56. The molecule has 1 unspecified atom stereocenters. The SMILES string of the molecule is O=C(O)NC[C@H]1CN(CC2CCc3c(F)cnc4ccc(=O)n2c34)C[C@H]1O. The normalized spacial score (nSPS) is 25.0. The summed E-state index contributed by atoms with van der Waals surface area (Å²) >= 11 is 0. The van der Waals surface area contributed by atoms with E-state index in [1.807, 2.05) is 4.90 Å². The van der Waals surface area contributed by atoms with Crippen LogP contribution in [-0.2, 0) is 6.42 Å². The van der Waals surface area contributed by atoms with E-state index in [4.69, 9.17) is 5.11 Å². The molecule has 2 aliphatic heterocycles. The van der Waals surface area contributed by atoms with Crippen LogP contribution in [0.1, 0.15) is 18.0 Å². The number of β-amino-alcohol motifs (C(OH)–C–C–N with tert-alkyl or cyclic N) is 1. The molecule has 1 saturated heterocycles. The molecule has 3 N–H and O–H groups in total. The first-order valence-electron chi connectivity index (χ1n) is 9.00. The maximum atomic E-state index is 14.2. The summed E-state index contributed by atoms with van der Waals surface area (Å²) in [5.74, 6) is -0.583. The van der Waals surface area contributed by atoms with Gasteiger partial charge in [0.2, 0.25) is 0 Å². The number of hydrogen-bond acceptors (Lipinski definition) is 5. The summed E-state index contributed by atoms with van der Waals surface area (Å²) in [6.45, 7) is 1.68. The number of likely N-dealkylation sites (tertiary alicyclic amines) is 1. The highest BCUT2D eigenvalue weighted by Crippen LogP contribution is 2.31. The molecule has 0 saturated carbocycles. The van der Waals surface area contributed by atoms with E-state index in [0.717, 1.165) is 0 Å². The number of carbonyl (C=O) groups is 1. The van der Waals surface area contributed by atoms with Crippen LogP contribution in [0.2, 0.25) is 0 Å². The number of rotatable bonds is 4. The molecule has 0 bridgehead atoms. The van der Waals surface area contributed by atoms with Crippen LogP contribution in [0.3, 0.4) is 0 Å². The lowest BCUT2D eigenvalue weighted by Crippen LogP contribution is -2.37. The third-order valence-corrected chi connectivity index (χ3v) is 5.56. The first-order valence-corrected chi connectivity index (χ1v) is 9.00. The zero-order valence-corrected chi connectivity index (χ0v) is 14.6. The van der Waals surface area contributed by atoms with Gasteiger partial charge < -0.3 is 20.1 Å². The Kier molecular flexibility index (Phi) is 4.56. The van der Waals surface area contributed by atoms with Gasteiger partial charge in [-0.1, -0.05) is 0 Å². The second kappa shape index (κ2) is 6.90. The monoisotopic (exact) mass is 376 g/mol. The lowest BCUT2D eigenvalue weighted by Gasteiger charge is -2.30. The van der Waals surface area contributed by atoms with E-state index in [-0.39, 0.29) is 24.1 Å². The molecule has 2 aromatic rings. The average Bonchev–Trinajstić information content (AvgIpc) is 2.98. The van der Waals surface area contributed by atoms with E-state index in [1.54, 1.807) is 10.6 Å². The van der Waals surface area contributed by atoms with Crippen LogP contribution in [0.5, 0.6) is 0 Å². The summed E-state index contributed by atoms with van der Waals surface area (Å²) in [6.07, 6.45) is 0.609. The molecule has 2 aromatic heterocycles. The fourth-order valence-electron chi connectivity index (χ4n) is 4.29. The van der Waals surface area contributed by atoms with Gasteiger partial charge in [0.1, 0.15) is 5.82 Å². The third kappa shape index (κ3) is 3.28. The Bertz CT molecular complexity index is 947. The zero-order chi connectivity index (χ0) is 19.1. The fraction of sp³-hybridized carbons (Fsp3) is 0.500. The summed E-state index contributed by atoms with van der Waals surface area (Å²) in [7, 11) is 0. The molecule has 2 aliphatic rings. The molecule has 4 heterocycles. The summed E-state index contributed by atoms with van der Waals surface area (Å²) in [5.41, 5.74) is 1.49. The van der Waals surface area contributed by atoms with Crippen molar-refractivity contribution in [3.63, 3.8) is 0 Å². The van der Waals surface area contributed by atoms with Crippen LogP contribution < -0.4 is 10.9 Å². The number of aryl methyl sites for hydroxylation is 1. The van der Waals surface area contributed by atoms with Gasteiger partial charge in [0.25, 0.3) is 5.56 Å². The first-order chi connectivity index (χ1) is 12.9. The number of hydrogen-bond donors (Lipinski definition) is 3. The van der Waals surface area contributed by atoms with Gasteiger partial charge in [-0.3, -0.25) is 14.7 Å². The fourth-order valence-corrected chi connectivity index (χ4v) is 4.29. The lowest BCUT2D eigenvalue weighted by molar-refractivity contribution is 0.136. The van der Waals surface area contributed by atoms with Crippen LogP contribution in [0.4, 0.5) is 9.18 Å². The number of nitrogens with one attached hydrogen (secondary N) is 1. The summed E-state index contributed by atoms with van der Waals surface area (Å²) in [4.78, 5) is 29.3. The second-order valence-electron chi connectivity index (χ2n) is 7.28. The van der Waals surface area contributed by atoms with Gasteiger partial charge in [-0.15, -0.1) is 0 Å². The Morgan fingerprint density at radius 1 is 1.37 bits per heavy atom. The molecule has 0 aromatic carbocycles. The molecule has 27 heavy (non-hydrogen) atoms. The minimum Gasteiger partial charge on any atom is -0.465 e. The van der Waals surface area contributed by atoms with E-state index in [9.17, 15) is 19.1 Å². The molecular formula is C18H21FN4O4. The average molecular weight is 376 g/mol. The smallest absolute Gasteiger partial charge is 0.404 e. The Morgan fingerprint density at radius 3 is 2.96 bits per heavy atom. The molecular weight excluding hydrogens is 355 g/mol. The van der Waals surface area contributed by atoms with Crippen LogP contribution in [0, 0.1) is 11.7 Å². The van der Waals surface area contributed by atoms with Crippen LogP contribution >= 0.6 is 0 Å². The van der Waals surface area contributed by atoms with Crippen molar-refractivity contribution < 1.29 is 19.4 Å². The predicted octanol–water partition coefficient (Wildman–Crippen LogP) is 0.583. The number of pyridine rings is 2. The molecule has 1 fully saturated rings. The van der Waals surface area contributed by atoms with Crippen molar-refractivity contribution in [2.75, 3.05) is 26.2 Å². The number of nitrogens with zero attached hydrogens (tertiary/aromatic N) is 3. The van der Waals surface area contributed by atoms with Gasteiger partial charge in [-0.25, -0.2) is 9.18 Å². The van der Waals surface area contributed by atoms with Gasteiger partial charge in [0.05, 0.1) is 29.4 Å². The van der Waals surface area contributed by atoms with E-state index in [0.29, 0.717) is 49.1 Å². The topological polar surface area (TPSA) is 108 Å². The highest BCUT2D eigenvalue weighted by molar-refractivity contribution is 5.79. The number of halogens is 1. The Hall–Kier alpha value is -2.52. The summed E-state index contributed by atoms with van der Waals surface area (Å²) < 4.78 is 15.8. The van der Waals surface area contributed by atoms with Crippen molar-refractivity contribution >= 4 is 17.1 Å². The quantitative estimate of drug-likeness (QED) is 0.721. The van der Waals surface area contributed by atoms with Crippen molar-refractivity contribution in [1.82, 2.24) is 19.8 Å². The molecule has 144 valence electrons. The number of amides is 1. The number of aliphatic hydroxyl groups is 1. The molecule has 3 atom stereocenters. The Morgan fingerprint density at radius 2 is 2.19 bits per heavy atom. The molecule has 0 radical (unpaired) electrons. The standard InChI is InChI=1S/C18H21FN4O4/c19-13-6-20-14-3-4-16(25)23-11(1-2-12(13)17(14)23)8-22-7-10(15(24)9-22)5-21-18(26)27/h3-4,6,10-11,15,21,24H,1-2,5,7-9H2,(H,26,27)/t10-,11?,15+/m0/s1. The summed E-state index contributed by atoms with van der Waals surface area (Å²) in [5, 5.41) is 21.2. The van der Waals surface area contributed by atoms with Gasteiger partial charge in [-0.05, 0) is 18.9 Å². The van der Waals surface area contributed by atoms with Crippen molar-refractivity contribution in [3.05, 3.63) is 40.1 Å². The van der Waals surface area contributed by atoms with Crippen molar-refractivity contribution in [1.29, 1.82) is 0 Å². The van der Waals surface area contributed by atoms with Crippen molar-refractivity contribution in [3.8, 4) is 0 Å². The minimum absolute atomic E-state index is 0.143. The van der Waals surface area contributed by atoms with Crippen LogP contribution in [-0.4, -0.2) is 63.0 Å². The van der Waals surface area contributed by atoms with Crippen LogP contribution in [0.25, 0.3) is 11.0 Å². The summed E-state index contributed by atoms with van der Waals surface area (Å²) in [6, 6.07) is 2.93. The highest BCUT2D eigenvalue weighted by atomic mass is 19.1. The molecule has 8 nitrogen and oxygen atoms in total. The maximum Gasteiger partial charge on any atom is 0.404 e. The molecule has 0 aliphatic carbocycles. The van der Waals surface area contributed by atoms with Crippen molar-refractivity contribution in [2.45, 2.75) is 25.0 Å². The number of aliphatic hydroxyl groups excluding tert-OH is 1.